The minimum Gasteiger partial charge on any atom is -0.480 e. The van der Waals surface area contributed by atoms with Gasteiger partial charge >= 0.3 is 5.97 Å². The summed E-state index contributed by atoms with van der Waals surface area (Å²) >= 11 is 0. The van der Waals surface area contributed by atoms with Crippen molar-refractivity contribution < 1.29 is 24.3 Å². The van der Waals surface area contributed by atoms with Crippen molar-refractivity contribution in [3.63, 3.8) is 0 Å². The van der Waals surface area contributed by atoms with Crippen LogP contribution in [0.1, 0.15) is 33.1 Å². The second-order valence-electron chi connectivity index (χ2n) is 6.48. The first-order valence-corrected chi connectivity index (χ1v) is 8.30. The van der Waals surface area contributed by atoms with Crippen molar-refractivity contribution in [3.05, 3.63) is 0 Å². The molecule has 0 saturated carbocycles. The molecular weight excluding hydrogens is 314 g/mol. The van der Waals surface area contributed by atoms with Gasteiger partial charge in [0.15, 0.2) is 0 Å². The van der Waals surface area contributed by atoms with Gasteiger partial charge in [0, 0.05) is 32.6 Å². The minimum absolute atomic E-state index is 0.107. The van der Waals surface area contributed by atoms with Gasteiger partial charge in [0.25, 0.3) is 0 Å². The molecule has 1 fully saturated rings. The van der Waals surface area contributed by atoms with Crippen LogP contribution in [0, 0.1) is 5.92 Å². The molecule has 1 heterocycles. The normalized spacial score (nSPS) is 14.1. The van der Waals surface area contributed by atoms with Gasteiger partial charge in [0.2, 0.25) is 18.2 Å². The molecule has 0 unspecified atom stereocenters. The van der Waals surface area contributed by atoms with Gasteiger partial charge < -0.3 is 19.8 Å². The predicted octanol–water partition coefficient (Wildman–Crippen LogP) is 0.0265. The highest BCUT2D eigenvalue weighted by atomic mass is 16.4. The zero-order valence-corrected chi connectivity index (χ0v) is 14.4. The highest BCUT2D eigenvalue weighted by molar-refractivity contribution is 5.84. The lowest BCUT2D eigenvalue weighted by molar-refractivity contribution is -0.145. The number of hydrogen-bond donors (Lipinski definition) is 1. The average Bonchev–Trinajstić information content (AvgIpc) is 2.90. The third-order valence-electron chi connectivity index (χ3n) is 3.79. The van der Waals surface area contributed by atoms with E-state index in [0.717, 1.165) is 13.0 Å². The van der Waals surface area contributed by atoms with Crippen LogP contribution in [0.2, 0.25) is 0 Å². The molecule has 1 aliphatic rings. The molecule has 0 aromatic carbocycles. The first-order chi connectivity index (χ1) is 11.3. The van der Waals surface area contributed by atoms with Gasteiger partial charge in [-0.15, -0.1) is 0 Å². The van der Waals surface area contributed by atoms with E-state index in [4.69, 9.17) is 5.11 Å². The standard InChI is InChI=1S/C16H27N3O5/c1-13(2)9-17(12-20)10-15(22)19(11-16(23)24)8-4-7-18-6-3-5-14(18)21/h12-13H,3-11H2,1-2H3,(H,23,24). The fourth-order valence-electron chi connectivity index (χ4n) is 2.74. The van der Waals surface area contributed by atoms with Gasteiger partial charge in [-0.2, -0.15) is 0 Å². The number of carbonyl (C=O) groups is 4. The van der Waals surface area contributed by atoms with Crippen molar-refractivity contribution in [2.75, 3.05) is 39.3 Å². The van der Waals surface area contributed by atoms with Gasteiger partial charge in [-0.3, -0.25) is 19.2 Å². The summed E-state index contributed by atoms with van der Waals surface area (Å²) in [6, 6.07) is 0. The maximum absolute atomic E-state index is 12.3. The number of hydrogen-bond acceptors (Lipinski definition) is 4. The van der Waals surface area contributed by atoms with Crippen LogP contribution in [-0.2, 0) is 19.2 Å². The first-order valence-electron chi connectivity index (χ1n) is 8.30. The van der Waals surface area contributed by atoms with E-state index >= 15 is 0 Å². The number of rotatable bonds is 11. The summed E-state index contributed by atoms with van der Waals surface area (Å²) < 4.78 is 0. The molecule has 3 amide bonds. The lowest BCUT2D eigenvalue weighted by Gasteiger charge is -2.26. The van der Waals surface area contributed by atoms with Crippen molar-refractivity contribution in [2.24, 2.45) is 5.92 Å². The molecule has 0 bridgehead atoms. The summed E-state index contributed by atoms with van der Waals surface area (Å²) in [5, 5.41) is 8.98. The molecule has 0 aliphatic carbocycles. The van der Waals surface area contributed by atoms with Crippen LogP contribution >= 0.6 is 0 Å². The van der Waals surface area contributed by atoms with E-state index in [1.54, 1.807) is 4.90 Å². The summed E-state index contributed by atoms with van der Waals surface area (Å²) in [7, 11) is 0. The number of likely N-dealkylation sites (tertiary alicyclic amines) is 1. The SMILES string of the molecule is CC(C)CN(C=O)CC(=O)N(CCCN1CCCC1=O)CC(=O)O. The van der Waals surface area contributed by atoms with Gasteiger partial charge in [0.1, 0.15) is 6.54 Å². The van der Waals surface area contributed by atoms with Crippen molar-refractivity contribution in [1.29, 1.82) is 0 Å². The lowest BCUT2D eigenvalue weighted by atomic mass is 10.2. The summed E-state index contributed by atoms with van der Waals surface area (Å²) in [6.45, 7) is 5.28. The molecule has 24 heavy (non-hydrogen) atoms. The molecule has 0 radical (unpaired) electrons. The van der Waals surface area contributed by atoms with E-state index in [9.17, 15) is 19.2 Å². The zero-order chi connectivity index (χ0) is 18.1. The Hall–Kier alpha value is -2.12. The van der Waals surface area contributed by atoms with Crippen molar-refractivity contribution in [1.82, 2.24) is 14.7 Å². The van der Waals surface area contributed by atoms with Crippen LogP contribution in [0.3, 0.4) is 0 Å². The highest BCUT2D eigenvalue weighted by Gasteiger charge is 2.22. The number of nitrogens with zero attached hydrogens (tertiary/aromatic N) is 3. The van der Waals surface area contributed by atoms with Crippen LogP contribution in [0.4, 0.5) is 0 Å². The maximum atomic E-state index is 12.3. The Balaban J connectivity index is 2.52. The second kappa shape index (κ2) is 9.89. The van der Waals surface area contributed by atoms with Crippen LogP contribution in [0.5, 0.6) is 0 Å². The fourth-order valence-corrected chi connectivity index (χ4v) is 2.74. The van der Waals surface area contributed by atoms with Crippen LogP contribution in [0.25, 0.3) is 0 Å². The highest BCUT2D eigenvalue weighted by Crippen LogP contribution is 2.10. The van der Waals surface area contributed by atoms with Crippen molar-refractivity contribution in [2.45, 2.75) is 33.1 Å². The molecule has 1 N–H and O–H groups in total. The van der Waals surface area contributed by atoms with Crippen molar-refractivity contribution >= 4 is 24.2 Å². The van der Waals surface area contributed by atoms with E-state index < -0.39 is 18.4 Å². The van der Waals surface area contributed by atoms with Crippen LogP contribution < -0.4 is 0 Å². The molecule has 0 aromatic heterocycles. The van der Waals surface area contributed by atoms with E-state index in [2.05, 4.69) is 0 Å². The Bertz CT molecular complexity index is 467. The van der Waals surface area contributed by atoms with Gasteiger partial charge in [0.05, 0.1) is 6.54 Å². The summed E-state index contributed by atoms with van der Waals surface area (Å²) in [5.74, 6) is -1.16. The van der Waals surface area contributed by atoms with E-state index in [0.29, 0.717) is 32.3 Å². The van der Waals surface area contributed by atoms with Crippen LogP contribution in [-0.4, -0.2) is 83.3 Å². The number of amides is 3. The quantitative estimate of drug-likeness (QED) is 0.535. The molecule has 1 rings (SSSR count). The largest absolute Gasteiger partial charge is 0.480 e. The van der Waals surface area contributed by atoms with Gasteiger partial charge in [-0.1, -0.05) is 13.8 Å². The number of carbonyl (C=O) groups excluding carboxylic acids is 3. The third kappa shape index (κ3) is 6.97. The Kier molecular flexibility index (Phi) is 8.21. The number of aliphatic carboxylic acids is 1. The van der Waals surface area contributed by atoms with Gasteiger partial charge in [-0.05, 0) is 18.8 Å². The molecule has 136 valence electrons. The molecule has 0 atom stereocenters. The topological polar surface area (TPSA) is 98.2 Å². The van der Waals surface area contributed by atoms with E-state index in [-0.39, 0.29) is 24.9 Å². The number of carboxylic acid groups (broad SMARTS) is 1. The molecule has 8 nitrogen and oxygen atoms in total. The minimum atomic E-state index is -1.10. The Morgan fingerprint density at radius 1 is 1.33 bits per heavy atom. The Morgan fingerprint density at radius 2 is 2.04 bits per heavy atom. The predicted molar refractivity (Wildman–Crippen MR) is 87.1 cm³/mol. The fraction of sp³-hybridized carbons (Fsp3) is 0.750. The second-order valence-corrected chi connectivity index (χ2v) is 6.48. The van der Waals surface area contributed by atoms with Gasteiger partial charge in [-0.25, -0.2) is 0 Å². The Morgan fingerprint density at radius 3 is 2.54 bits per heavy atom. The molecule has 1 aliphatic heterocycles. The number of carboxylic acids is 1. The lowest BCUT2D eigenvalue weighted by Crippen LogP contribution is -2.44. The zero-order valence-electron chi connectivity index (χ0n) is 14.4. The average molecular weight is 341 g/mol. The Labute approximate surface area is 142 Å². The summed E-state index contributed by atoms with van der Waals surface area (Å²) in [6.07, 6.45) is 2.54. The van der Waals surface area contributed by atoms with Crippen LogP contribution in [0.15, 0.2) is 0 Å². The smallest absolute Gasteiger partial charge is 0.323 e. The molecule has 1 saturated heterocycles. The summed E-state index contributed by atoms with van der Waals surface area (Å²) in [5.41, 5.74) is 0. The molecule has 8 heteroatoms. The maximum Gasteiger partial charge on any atom is 0.323 e. The molecule has 0 aromatic rings. The van der Waals surface area contributed by atoms with E-state index in [1.165, 1.54) is 9.80 Å². The monoisotopic (exact) mass is 341 g/mol. The molecule has 0 spiro atoms. The van der Waals surface area contributed by atoms with E-state index in [1.807, 2.05) is 13.8 Å². The third-order valence-corrected chi connectivity index (χ3v) is 3.79. The first kappa shape index (κ1) is 19.9. The summed E-state index contributed by atoms with van der Waals surface area (Å²) in [4.78, 5) is 50.2. The molecular formula is C16H27N3O5. The van der Waals surface area contributed by atoms with Crippen molar-refractivity contribution in [3.8, 4) is 0 Å².